The maximum Gasteiger partial charge on any atom is 0.311 e. The molecule has 2 heterocycles. The molecule has 0 unspecified atom stereocenters. The van der Waals surface area contributed by atoms with Gasteiger partial charge in [-0.15, -0.1) is 0 Å². The smallest absolute Gasteiger partial charge is 0.311 e. The van der Waals surface area contributed by atoms with Crippen molar-refractivity contribution in [2.75, 3.05) is 12.1 Å². The van der Waals surface area contributed by atoms with E-state index in [0.717, 1.165) is 0 Å². The fraction of sp³-hybridized carbons (Fsp3) is 0.0833. The van der Waals surface area contributed by atoms with Gasteiger partial charge in [-0.2, -0.15) is 0 Å². The third-order valence-corrected chi connectivity index (χ3v) is 2.62. The van der Waals surface area contributed by atoms with Gasteiger partial charge in [-0.25, -0.2) is 4.98 Å². The Kier molecular flexibility index (Phi) is 2.64. The standard InChI is InChI=1S/C12H9N3O4/c16-15(17)9-2-1-5-13-12(9)14-8-3-4-10-11(6-8)19-7-18-10/h1-6H,7H2,(H,13,14). The Labute approximate surface area is 107 Å². The van der Waals surface area contributed by atoms with Crippen LogP contribution in [0, 0.1) is 10.1 Å². The summed E-state index contributed by atoms with van der Waals surface area (Å²) in [5.74, 6) is 1.44. The number of ether oxygens (including phenoxy) is 2. The van der Waals surface area contributed by atoms with Gasteiger partial charge in [0.05, 0.1) is 4.92 Å². The Morgan fingerprint density at radius 3 is 2.95 bits per heavy atom. The first kappa shape index (κ1) is 11.3. The normalized spacial score (nSPS) is 12.2. The van der Waals surface area contributed by atoms with Crippen molar-refractivity contribution in [1.29, 1.82) is 0 Å². The van der Waals surface area contributed by atoms with Crippen molar-refractivity contribution in [3.05, 3.63) is 46.6 Å². The molecule has 0 saturated heterocycles. The number of aromatic nitrogens is 1. The van der Waals surface area contributed by atoms with Crippen molar-refractivity contribution in [1.82, 2.24) is 4.98 Å². The topological polar surface area (TPSA) is 86.5 Å². The van der Waals surface area contributed by atoms with Gasteiger partial charge in [-0.1, -0.05) is 0 Å². The Bertz CT molecular complexity index is 645. The molecule has 0 fully saturated rings. The van der Waals surface area contributed by atoms with Gasteiger partial charge < -0.3 is 14.8 Å². The van der Waals surface area contributed by atoms with E-state index in [2.05, 4.69) is 10.3 Å². The van der Waals surface area contributed by atoms with Crippen LogP contribution in [-0.2, 0) is 0 Å². The summed E-state index contributed by atoms with van der Waals surface area (Å²) in [4.78, 5) is 14.4. The molecule has 1 aromatic heterocycles. The number of fused-ring (bicyclic) bond motifs is 1. The molecule has 19 heavy (non-hydrogen) atoms. The molecule has 96 valence electrons. The zero-order valence-electron chi connectivity index (χ0n) is 9.70. The molecule has 0 spiro atoms. The maximum absolute atomic E-state index is 10.9. The third kappa shape index (κ3) is 2.13. The molecule has 0 saturated carbocycles. The largest absolute Gasteiger partial charge is 0.454 e. The first-order valence-electron chi connectivity index (χ1n) is 5.50. The van der Waals surface area contributed by atoms with Crippen molar-refractivity contribution in [2.45, 2.75) is 0 Å². The first-order valence-corrected chi connectivity index (χ1v) is 5.50. The lowest BCUT2D eigenvalue weighted by Gasteiger charge is -2.06. The zero-order valence-corrected chi connectivity index (χ0v) is 9.70. The first-order chi connectivity index (χ1) is 9.24. The molecule has 1 aromatic carbocycles. The minimum Gasteiger partial charge on any atom is -0.454 e. The van der Waals surface area contributed by atoms with E-state index in [0.29, 0.717) is 17.2 Å². The van der Waals surface area contributed by atoms with Crippen LogP contribution in [-0.4, -0.2) is 16.7 Å². The lowest BCUT2D eigenvalue weighted by molar-refractivity contribution is -0.384. The predicted octanol–water partition coefficient (Wildman–Crippen LogP) is 2.46. The number of pyridine rings is 1. The molecule has 0 bridgehead atoms. The van der Waals surface area contributed by atoms with Gasteiger partial charge in [-0.3, -0.25) is 10.1 Å². The van der Waals surface area contributed by atoms with Gasteiger partial charge >= 0.3 is 5.69 Å². The van der Waals surface area contributed by atoms with E-state index in [1.54, 1.807) is 18.2 Å². The van der Waals surface area contributed by atoms with Gasteiger partial charge in [0.15, 0.2) is 11.5 Å². The van der Waals surface area contributed by atoms with Crippen LogP contribution in [0.25, 0.3) is 0 Å². The van der Waals surface area contributed by atoms with Crippen LogP contribution in [0.15, 0.2) is 36.5 Å². The average Bonchev–Trinajstić information content (AvgIpc) is 2.86. The Morgan fingerprint density at radius 2 is 2.11 bits per heavy atom. The number of nitrogens with zero attached hydrogens (tertiary/aromatic N) is 2. The van der Waals surface area contributed by atoms with E-state index in [-0.39, 0.29) is 18.3 Å². The summed E-state index contributed by atoms with van der Waals surface area (Å²) >= 11 is 0. The molecule has 2 aromatic rings. The zero-order chi connectivity index (χ0) is 13.2. The number of nitrogens with one attached hydrogen (secondary N) is 1. The second kappa shape index (κ2) is 4.45. The molecule has 7 nitrogen and oxygen atoms in total. The molecule has 0 atom stereocenters. The fourth-order valence-corrected chi connectivity index (χ4v) is 1.75. The van der Waals surface area contributed by atoms with Gasteiger partial charge in [0.25, 0.3) is 0 Å². The van der Waals surface area contributed by atoms with Gasteiger partial charge in [-0.05, 0) is 18.2 Å². The van der Waals surface area contributed by atoms with Gasteiger partial charge in [0.1, 0.15) is 0 Å². The molecule has 0 amide bonds. The monoisotopic (exact) mass is 259 g/mol. The molecule has 0 radical (unpaired) electrons. The molecule has 3 rings (SSSR count). The molecule has 7 heteroatoms. The van der Waals surface area contributed by atoms with Crippen molar-refractivity contribution >= 4 is 17.2 Å². The van der Waals surface area contributed by atoms with Gasteiger partial charge in [0.2, 0.25) is 12.6 Å². The van der Waals surface area contributed by atoms with Crippen LogP contribution in [0.1, 0.15) is 0 Å². The minimum atomic E-state index is -0.484. The lowest BCUT2D eigenvalue weighted by atomic mass is 10.2. The molecular formula is C12H9N3O4. The molecule has 0 aliphatic carbocycles. The average molecular weight is 259 g/mol. The SMILES string of the molecule is O=[N+]([O-])c1cccnc1Nc1ccc2c(c1)OCO2. The summed E-state index contributed by atoms with van der Waals surface area (Å²) in [6, 6.07) is 8.09. The van der Waals surface area contributed by atoms with Crippen molar-refractivity contribution in [2.24, 2.45) is 0 Å². The highest BCUT2D eigenvalue weighted by Gasteiger charge is 2.17. The van der Waals surface area contributed by atoms with Crippen LogP contribution >= 0.6 is 0 Å². The van der Waals surface area contributed by atoms with Crippen LogP contribution in [0.5, 0.6) is 11.5 Å². The fourth-order valence-electron chi connectivity index (χ4n) is 1.75. The number of hydrogen-bond acceptors (Lipinski definition) is 6. The van der Waals surface area contributed by atoms with E-state index < -0.39 is 4.92 Å². The summed E-state index contributed by atoms with van der Waals surface area (Å²) in [5.41, 5.74) is 0.561. The molecule has 1 aliphatic heterocycles. The highest BCUT2D eigenvalue weighted by atomic mass is 16.7. The minimum absolute atomic E-state index is 0.0832. The Hall–Kier alpha value is -2.83. The molecular weight excluding hydrogens is 250 g/mol. The van der Waals surface area contributed by atoms with Crippen molar-refractivity contribution < 1.29 is 14.4 Å². The number of rotatable bonds is 3. The third-order valence-electron chi connectivity index (χ3n) is 2.62. The molecule has 1 aliphatic rings. The van der Waals surface area contributed by atoms with E-state index in [1.807, 2.05) is 0 Å². The summed E-state index contributed by atoms with van der Waals surface area (Å²) in [7, 11) is 0. The summed E-state index contributed by atoms with van der Waals surface area (Å²) in [6.07, 6.45) is 1.49. The van der Waals surface area contributed by atoms with Crippen LogP contribution < -0.4 is 14.8 Å². The van der Waals surface area contributed by atoms with Crippen LogP contribution in [0.3, 0.4) is 0 Å². The Balaban J connectivity index is 1.91. The van der Waals surface area contributed by atoms with E-state index in [9.17, 15) is 10.1 Å². The number of benzene rings is 1. The van der Waals surface area contributed by atoms with E-state index in [1.165, 1.54) is 18.3 Å². The highest BCUT2D eigenvalue weighted by molar-refractivity contribution is 5.67. The quantitative estimate of drug-likeness (QED) is 0.673. The summed E-state index contributed by atoms with van der Waals surface area (Å²) in [6.45, 7) is 0.183. The van der Waals surface area contributed by atoms with Crippen LogP contribution in [0.4, 0.5) is 17.2 Å². The lowest BCUT2D eigenvalue weighted by Crippen LogP contribution is -1.99. The van der Waals surface area contributed by atoms with E-state index in [4.69, 9.17) is 9.47 Å². The summed E-state index contributed by atoms with van der Waals surface area (Å²) < 4.78 is 10.4. The second-order valence-corrected chi connectivity index (χ2v) is 3.82. The number of nitro groups is 1. The predicted molar refractivity (Wildman–Crippen MR) is 66.7 cm³/mol. The Morgan fingerprint density at radius 1 is 1.26 bits per heavy atom. The van der Waals surface area contributed by atoms with E-state index >= 15 is 0 Å². The summed E-state index contributed by atoms with van der Waals surface area (Å²) in [5, 5.41) is 13.8. The van der Waals surface area contributed by atoms with Crippen molar-refractivity contribution in [3.63, 3.8) is 0 Å². The second-order valence-electron chi connectivity index (χ2n) is 3.82. The number of anilines is 2. The van der Waals surface area contributed by atoms with Crippen LogP contribution in [0.2, 0.25) is 0 Å². The highest BCUT2D eigenvalue weighted by Crippen LogP contribution is 2.35. The molecule has 1 N–H and O–H groups in total. The maximum atomic E-state index is 10.9. The number of hydrogen-bond donors (Lipinski definition) is 1. The van der Waals surface area contributed by atoms with Gasteiger partial charge in [0, 0.05) is 24.0 Å². The van der Waals surface area contributed by atoms with Crippen molar-refractivity contribution in [3.8, 4) is 11.5 Å².